The van der Waals surface area contributed by atoms with Crippen molar-refractivity contribution in [2.45, 2.75) is 20.4 Å². The van der Waals surface area contributed by atoms with E-state index in [9.17, 15) is 14.9 Å². The molecule has 0 N–H and O–H groups in total. The Balaban J connectivity index is 1.74. The standard InChI is InChI=1S/C20H17N5O3/c1-13-6-7-16(8-14(13)2)24-19-18(10-22-24)20(26)23(12-21-19)11-15-4-3-5-17(9-15)25(27)28/h3-10,12H,11H2,1-2H3. The normalized spacial score (nSPS) is 11.1. The van der Waals surface area contributed by atoms with E-state index < -0.39 is 4.92 Å². The first-order chi connectivity index (χ1) is 13.4. The predicted octanol–water partition coefficient (Wildman–Crippen LogP) is 3.16. The van der Waals surface area contributed by atoms with Gasteiger partial charge in [0.15, 0.2) is 5.65 Å². The number of hydrogen-bond acceptors (Lipinski definition) is 5. The van der Waals surface area contributed by atoms with Gasteiger partial charge >= 0.3 is 0 Å². The molecule has 8 nitrogen and oxygen atoms in total. The van der Waals surface area contributed by atoms with Gasteiger partial charge in [-0.1, -0.05) is 18.2 Å². The van der Waals surface area contributed by atoms with E-state index in [0.29, 0.717) is 16.6 Å². The smallest absolute Gasteiger partial charge is 0.269 e. The molecule has 0 amide bonds. The van der Waals surface area contributed by atoms with Gasteiger partial charge in [-0.25, -0.2) is 9.67 Å². The van der Waals surface area contributed by atoms with Crippen LogP contribution >= 0.6 is 0 Å². The maximum Gasteiger partial charge on any atom is 0.269 e. The molecule has 28 heavy (non-hydrogen) atoms. The van der Waals surface area contributed by atoms with Crippen LogP contribution in [0.1, 0.15) is 16.7 Å². The number of rotatable bonds is 4. The molecular formula is C20H17N5O3. The van der Waals surface area contributed by atoms with E-state index in [0.717, 1.165) is 11.3 Å². The number of aromatic nitrogens is 4. The first-order valence-electron chi connectivity index (χ1n) is 8.68. The number of hydrogen-bond donors (Lipinski definition) is 0. The van der Waals surface area contributed by atoms with Crippen molar-refractivity contribution in [3.63, 3.8) is 0 Å². The second kappa shape index (κ2) is 6.73. The third-order valence-electron chi connectivity index (χ3n) is 4.76. The number of nitrogens with zero attached hydrogens (tertiary/aromatic N) is 5. The minimum Gasteiger partial charge on any atom is -0.294 e. The van der Waals surface area contributed by atoms with Crippen LogP contribution < -0.4 is 5.56 Å². The molecule has 0 unspecified atom stereocenters. The lowest BCUT2D eigenvalue weighted by atomic mass is 10.1. The van der Waals surface area contributed by atoms with Crippen molar-refractivity contribution >= 4 is 16.7 Å². The molecule has 2 aromatic carbocycles. The number of nitro benzene ring substituents is 1. The molecule has 2 aromatic heterocycles. The summed E-state index contributed by atoms with van der Waals surface area (Å²) >= 11 is 0. The SMILES string of the molecule is Cc1ccc(-n2ncc3c(=O)n(Cc4cccc([N+](=O)[O-])c4)cnc32)cc1C. The summed E-state index contributed by atoms with van der Waals surface area (Å²) in [6, 6.07) is 12.1. The second-order valence-electron chi connectivity index (χ2n) is 6.67. The number of benzene rings is 2. The van der Waals surface area contributed by atoms with Gasteiger partial charge in [0.25, 0.3) is 11.2 Å². The zero-order valence-electron chi connectivity index (χ0n) is 15.4. The summed E-state index contributed by atoms with van der Waals surface area (Å²) in [6.45, 7) is 4.24. The third kappa shape index (κ3) is 3.05. The highest BCUT2D eigenvalue weighted by atomic mass is 16.6. The molecule has 0 saturated heterocycles. The topological polar surface area (TPSA) is 95.8 Å². The molecular weight excluding hydrogens is 358 g/mol. The molecule has 0 aliphatic heterocycles. The van der Waals surface area contributed by atoms with Gasteiger partial charge in [-0.05, 0) is 42.7 Å². The number of aryl methyl sites for hydroxylation is 2. The van der Waals surface area contributed by atoms with Crippen LogP contribution in [0.3, 0.4) is 0 Å². The monoisotopic (exact) mass is 375 g/mol. The summed E-state index contributed by atoms with van der Waals surface area (Å²) in [4.78, 5) is 27.8. The van der Waals surface area contributed by atoms with Crippen LogP contribution in [0.25, 0.3) is 16.7 Å². The lowest BCUT2D eigenvalue weighted by molar-refractivity contribution is -0.384. The van der Waals surface area contributed by atoms with E-state index >= 15 is 0 Å². The average Bonchev–Trinajstić information content (AvgIpc) is 3.11. The third-order valence-corrected chi connectivity index (χ3v) is 4.76. The van der Waals surface area contributed by atoms with Crippen LogP contribution in [-0.2, 0) is 6.54 Å². The Bertz CT molecular complexity index is 1270. The Morgan fingerprint density at radius 1 is 1.11 bits per heavy atom. The summed E-state index contributed by atoms with van der Waals surface area (Å²) in [5.74, 6) is 0. The Labute approximate surface area is 159 Å². The Morgan fingerprint density at radius 2 is 1.93 bits per heavy atom. The molecule has 8 heteroatoms. The first-order valence-corrected chi connectivity index (χ1v) is 8.68. The summed E-state index contributed by atoms with van der Waals surface area (Å²) < 4.78 is 3.06. The molecule has 140 valence electrons. The minimum absolute atomic E-state index is 0.0119. The van der Waals surface area contributed by atoms with Crippen molar-refractivity contribution in [2.24, 2.45) is 0 Å². The number of non-ortho nitro benzene ring substituents is 1. The molecule has 0 fully saturated rings. The van der Waals surface area contributed by atoms with E-state index in [1.165, 1.54) is 34.8 Å². The van der Waals surface area contributed by atoms with Crippen molar-refractivity contribution in [3.05, 3.63) is 92.1 Å². The number of nitro groups is 1. The van der Waals surface area contributed by atoms with Crippen molar-refractivity contribution < 1.29 is 4.92 Å². The molecule has 0 bridgehead atoms. The Hall–Kier alpha value is -3.81. The molecule has 4 aromatic rings. The zero-order chi connectivity index (χ0) is 19.8. The second-order valence-corrected chi connectivity index (χ2v) is 6.67. The summed E-state index contributed by atoms with van der Waals surface area (Å²) in [5.41, 5.74) is 4.00. The highest BCUT2D eigenvalue weighted by molar-refractivity contribution is 5.75. The van der Waals surface area contributed by atoms with Gasteiger partial charge in [0.2, 0.25) is 0 Å². The van der Waals surface area contributed by atoms with Gasteiger partial charge in [-0.3, -0.25) is 19.5 Å². The van der Waals surface area contributed by atoms with E-state index in [2.05, 4.69) is 10.1 Å². The fraction of sp³-hybridized carbons (Fsp3) is 0.150. The lowest BCUT2D eigenvalue weighted by Crippen LogP contribution is -2.21. The van der Waals surface area contributed by atoms with Crippen molar-refractivity contribution in [1.82, 2.24) is 19.3 Å². The van der Waals surface area contributed by atoms with E-state index in [1.807, 2.05) is 32.0 Å². The number of fused-ring (bicyclic) bond motifs is 1. The van der Waals surface area contributed by atoms with E-state index in [4.69, 9.17) is 0 Å². The highest BCUT2D eigenvalue weighted by Gasteiger charge is 2.13. The summed E-state index contributed by atoms with van der Waals surface area (Å²) in [5, 5.41) is 15.7. The molecule has 0 atom stereocenters. The largest absolute Gasteiger partial charge is 0.294 e. The maximum absolute atomic E-state index is 12.9. The van der Waals surface area contributed by atoms with Crippen LogP contribution in [0.5, 0.6) is 0 Å². The van der Waals surface area contributed by atoms with Crippen molar-refractivity contribution in [1.29, 1.82) is 0 Å². The van der Waals surface area contributed by atoms with Gasteiger partial charge < -0.3 is 0 Å². The predicted molar refractivity (Wildman–Crippen MR) is 105 cm³/mol. The Morgan fingerprint density at radius 3 is 2.68 bits per heavy atom. The van der Waals surface area contributed by atoms with Crippen molar-refractivity contribution in [2.75, 3.05) is 0 Å². The quantitative estimate of drug-likeness (QED) is 0.403. The minimum atomic E-state index is -0.457. The summed E-state index contributed by atoms with van der Waals surface area (Å²) in [7, 11) is 0. The fourth-order valence-corrected chi connectivity index (χ4v) is 3.07. The maximum atomic E-state index is 12.9. The highest BCUT2D eigenvalue weighted by Crippen LogP contribution is 2.18. The van der Waals surface area contributed by atoms with Gasteiger partial charge in [0.1, 0.15) is 11.7 Å². The molecule has 0 spiro atoms. The molecule has 0 aliphatic rings. The van der Waals surface area contributed by atoms with Crippen LogP contribution in [0, 0.1) is 24.0 Å². The molecule has 0 saturated carbocycles. The van der Waals surface area contributed by atoms with Gasteiger partial charge in [-0.2, -0.15) is 5.10 Å². The van der Waals surface area contributed by atoms with Crippen LogP contribution in [0.15, 0.2) is 59.8 Å². The van der Waals surface area contributed by atoms with Crippen molar-refractivity contribution in [3.8, 4) is 5.69 Å². The molecule has 2 heterocycles. The van der Waals surface area contributed by atoms with E-state index in [-0.39, 0.29) is 17.8 Å². The van der Waals surface area contributed by atoms with Crippen LogP contribution in [-0.4, -0.2) is 24.3 Å². The fourth-order valence-electron chi connectivity index (χ4n) is 3.07. The van der Waals surface area contributed by atoms with Gasteiger partial charge in [0, 0.05) is 12.1 Å². The van der Waals surface area contributed by atoms with Crippen LogP contribution in [0.4, 0.5) is 5.69 Å². The van der Waals surface area contributed by atoms with E-state index in [1.54, 1.807) is 16.8 Å². The zero-order valence-corrected chi connectivity index (χ0v) is 15.4. The Kier molecular flexibility index (Phi) is 4.23. The van der Waals surface area contributed by atoms with Gasteiger partial charge in [0.05, 0.1) is 23.4 Å². The first kappa shape index (κ1) is 17.6. The summed E-state index contributed by atoms with van der Waals surface area (Å²) in [6.07, 6.45) is 2.95. The molecule has 0 aliphatic carbocycles. The molecule has 4 rings (SSSR count). The van der Waals surface area contributed by atoms with Crippen LogP contribution in [0.2, 0.25) is 0 Å². The lowest BCUT2D eigenvalue weighted by Gasteiger charge is -2.08. The van der Waals surface area contributed by atoms with Gasteiger partial charge in [-0.15, -0.1) is 0 Å². The molecule has 0 radical (unpaired) electrons. The average molecular weight is 375 g/mol.